The zero-order valence-corrected chi connectivity index (χ0v) is 11.1. The molecular weight excluding hydrogens is 250 g/mol. The van der Waals surface area contributed by atoms with E-state index in [-0.39, 0.29) is 24.0 Å². The topological polar surface area (TPSA) is 66.4 Å². The highest BCUT2D eigenvalue weighted by Gasteiger charge is 2.19. The van der Waals surface area contributed by atoms with Crippen molar-refractivity contribution in [1.29, 1.82) is 0 Å². The summed E-state index contributed by atoms with van der Waals surface area (Å²) in [5.41, 5.74) is 0.932. The molecule has 2 atom stereocenters. The average molecular weight is 267 g/mol. The van der Waals surface area contributed by atoms with Crippen molar-refractivity contribution in [1.82, 2.24) is 5.32 Å². The van der Waals surface area contributed by atoms with Crippen molar-refractivity contribution in [3.63, 3.8) is 0 Å². The van der Waals surface area contributed by atoms with Gasteiger partial charge in [-0.05, 0) is 5.56 Å². The van der Waals surface area contributed by atoms with Crippen LogP contribution in [-0.4, -0.2) is 35.2 Å². The van der Waals surface area contributed by atoms with E-state index in [1.165, 1.54) is 0 Å². The van der Waals surface area contributed by atoms with E-state index in [2.05, 4.69) is 17.9 Å². The lowest BCUT2D eigenvalue weighted by Gasteiger charge is -2.14. The lowest BCUT2D eigenvalue weighted by atomic mass is 9.97. The number of carbonyl (C=O) groups is 2. The van der Waals surface area contributed by atoms with Crippen LogP contribution in [-0.2, 0) is 9.59 Å². The highest BCUT2D eigenvalue weighted by Crippen LogP contribution is 2.15. The van der Waals surface area contributed by atoms with Crippen LogP contribution in [0.15, 0.2) is 30.3 Å². The second-order valence-corrected chi connectivity index (χ2v) is 4.42. The number of carboxylic acids is 1. The fourth-order valence-corrected chi connectivity index (χ4v) is 1.82. The molecule has 18 heavy (non-hydrogen) atoms. The van der Waals surface area contributed by atoms with E-state index in [0.717, 1.165) is 5.56 Å². The molecule has 0 saturated heterocycles. The monoisotopic (exact) mass is 267 g/mol. The molecular formula is C13H17NO3S. The van der Waals surface area contributed by atoms with Crippen molar-refractivity contribution in [2.45, 2.75) is 18.9 Å². The maximum Gasteiger partial charge on any atom is 0.321 e. The van der Waals surface area contributed by atoms with E-state index in [1.807, 2.05) is 37.3 Å². The number of carbonyl (C=O) groups excluding carboxylic acids is 1. The van der Waals surface area contributed by atoms with Gasteiger partial charge in [-0.2, -0.15) is 12.6 Å². The minimum Gasteiger partial charge on any atom is -0.480 e. The van der Waals surface area contributed by atoms with Gasteiger partial charge in [-0.25, -0.2) is 0 Å². The first kappa shape index (κ1) is 14.7. The summed E-state index contributed by atoms with van der Waals surface area (Å²) in [6, 6.07) is 8.62. The smallest absolute Gasteiger partial charge is 0.321 e. The Bertz CT molecular complexity index is 408. The molecule has 4 nitrogen and oxygen atoms in total. The third kappa shape index (κ3) is 4.16. The number of ketones is 1. The van der Waals surface area contributed by atoms with E-state index < -0.39 is 12.0 Å². The SMILES string of the molecule is CC(C(=O)CNC(CS)C(=O)O)c1ccccc1. The van der Waals surface area contributed by atoms with Crippen molar-refractivity contribution >= 4 is 24.4 Å². The van der Waals surface area contributed by atoms with Crippen molar-refractivity contribution in [3.05, 3.63) is 35.9 Å². The predicted molar refractivity (Wildman–Crippen MR) is 73.1 cm³/mol. The standard InChI is InChI=1S/C13H17NO3S/c1-9(10-5-3-2-4-6-10)12(15)7-14-11(8-18)13(16)17/h2-6,9,11,14,18H,7-8H2,1H3,(H,16,17). The number of aliphatic carboxylic acids is 1. The second-order valence-electron chi connectivity index (χ2n) is 4.05. The van der Waals surface area contributed by atoms with Crippen molar-refractivity contribution < 1.29 is 14.7 Å². The molecule has 0 saturated carbocycles. The van der Waals surface area contributed by atoms with Crippen LogP contribution < -0.4 is 5.32 Å². The Morgan fingerprint density at radius 3 is 2.44 bits per heavy atom. The van der Waals surface area contributed by atoms with Gasteiger partial charge in [0.15, 0.2) is 5.78 Å². The van der Waals surface area contributed by atoms with Crippen LogP contribution in [0.3, 0.4) is 0 Å². The zero-order chi connectivity index (χ0) is 13.5. The first-order chi connectivity index (χ1) is 8.56. The number of carboxylic acid groups (broad SMARTS) is 1. The molecule has 0 fully saturated rings. The molecule has 0 bridgehead atoms. The Morgan fingerprint density at radius 1 is 1.33 bits per heavy atom. The molecule has 0 amide bonds. The average Bonchev–Trinajstić information content (AvgIpc) is 2.39. The molecule has 0 heterocycles. The summed E-state index contributed by atoms with van der Waals surface area (Å²) in [5.74, 6) is -1.12. The summed E-state index contributed by atoms with van der Waals surface area (Å²) in [5, 5.41) is 11.5. The Kier molecular flexibility index (Phi) is 5.88. The van der Waals surface area contributed by atoms with Crippen LogP contribution in [0, 0.1) is 0 Å². The van der Waals surface area contributed by atoms with E-state index >= 15 is 0 Å². The molecule has 98 valence electrons. The molecule has 1 aromatic carbocycles. The van der Waals surface area contributed by atoms with E-state index in [1.54, 1.807) is 0 Å². The summed E-state index contributed by atoms with van der Waals surface area (Å²) in [6.07, 6.45) is 0. The van der Waals surface area contributed by atoms with Crippen LogP contribution in [0.4, 0.5) is 0 Å². The number of nitrogens with one attached hydrogen (secondary N) is 1. The van der Waals surface area contributed by atoms with Crippen LogP contribution in [0.5, 0.6) is 0 Å². The van der Waals surface area contributed by atoms with Crippen LogP contribution in [0.1, 0.15) is 18.4 Å². The molecule has 0 aliphatic carbocycles. The van der Waals surface area contributed by atoms with Gasteiger partial charge >= 0.3 is 5.97 Å². The molecule has 2 unspecified atom stereocenters. The first-order valence-electron chi connectivity index (χ1n) is 5.71. The fraction of sp³-hybridized carbons (Fsp3) is 0.385. The van der Waals surface area contributed by atoms with Gasteiger partial charge in [-0.3, -0.25) is 14.9 Å². The van der Waals surface area contributed by atoms with Crippen molar-refractivity contribution in [3.8, 4) is 0 Å². The van der Waals surface area contributed by atoms with Gasteiger partial charge in [0, 0.05) is 11.7 Å². The van der Waals surface area contributed by atoms with E-state index in [4.69, 9.17) is 5.11 Å². The Hall–Kier alpha value is -1.33. The van der Waals surface area contributed by atoms with Crippen molar-refractivity contribution in [2.24, 2.45) is 0 Å². The molecule has 2 N–H and O–H groups in total. The van der Waals surface area contributed by atoms with Gasteiger partial charge in [0.2, 0.25) is 0 Å². The molecule has 1 rings (SSSR count). The highest BCUT2D eigenvalue weighted by atomic mass is 32.1. The zero-order valence-electron chi connectivity index (χ0n) is 10.2. The van der Waals surface area contributed by atoms with E-state index in [0.29, 0.717) is 0 Å². The number of hydrogen-bond donors (Lipinski definition) is 3. The summed E-state index contributed by atoms with van der Waals surface area (Å²) in [6.45, 7) is 1.85. The number of hydrogen-bond acceptors (Lipinski definition) is 4. The molecule has 0 aliphatic rings. The van der Waals surface area contributed by atoms with Crippen LogP contribution >= 0.6 is 12.6 Å². The molecule has 5 heteroatoms. The van der Waals surface area contributed by atoms with Gasteiger partial charge in [-0.15, -0.1) is 0 Å². The lowest BCUT2D eigenvalue weighted by Crippen LogP contribution is -2.41. The van der Waals surface area contributed by atoms with Crippen molar-refractivity contribution in [2.75, 3.05) is 12.3 Å². The summed E-state index contributed by atoms with van der Waals surface area (Å²) in [4.78, 5) is 22.7. The molecule has 0 aliphatic heterocycles. The van der Waals surface area contributed by atoms with Gasteiger partial charge in [-0.1, -0.05) is 37.3 Å². The van der Waals surface area contributed by atoms with Gasteiger partial charge in [0.1, 0.15) is 6.04 Å². The second kappa shape index (κ2) is 7.18. The lowest BCUT2D eigenvalue weighted by molar-refractivity contribution is -0.138. The van der Waals surface area contributed by atoms with Crippen LogP contribution in [0.2, 0.25) is 0 Å². The number of thiol groups is 1. The van der Waals surface area contributed by atoms with Gasteiger partial charge < -0.3 is 5.11 Å². The molecule has 1 aromatic rings. The maximum absolute atomic E-state index is 11.9. The van der Waals surface area contributed by atoms with Gasteiger partial charge in [0.05, 0.1) is 6.54 Å². The third-order valence-electron chi connectivity index (χ3n) is 2.79. The van der Waals surface area contributed by atoms with E-state index in [9.17, 15) is 9.59 Å². The summed E-state index contributed by atoms with van der Waals surface area (Å²) in [7, 11) is 0. The summed E-state index contributed by atoms with van der Waals surface area (Å²) < 4.78 is 0. The molecule has 0 radical (unpaired) electrons. The highest BCUT2D eigenvalue weighted by molar-refractivity contribution is 7.80. The normalized spacial score (nSPS) is 13.9. The summed E-state index contributed by atoms with van der Waals surface area (Å²) >= 11 is 3.92. The maximum atomic E-state index is 11.9. The number of benzene rings is 1. The number of Topliss-reactive ketones (excluding diaryl/α,β-unsaturated/α-hetero) is 1. The molecule has 0 spiro atoms. The largest absolute Gasteiger partial charge is 0.480 e. The number of rotatable bonds is 7. The minimum absolute atomic E-state index is 0.0331. The van der Waals surface area contributed by atoms with Gasteiger partial charge in [0.25, 0.3) is 0 Å². The first-order valence-corrected chi connectivity index (χ1v) is 6.34. The molecule has 0 aromatic heterocycles. The van der Waals surface area contributed by atoms with Crippen LogP contribution in [0.25, 0.3) is 0 Å². The third-order valence-corrected chi connectivity index (χ3v) is 3.15. The Labute approximate surface area is 112 Å². The Balaban J connectivity index is 2.53. The minimum atomic E-state index is -0.995. The predicted octanol–water partition coefficient (Wildman–Crippen LogP) is 1.33. The quantitative estimate of drug-likeness (QED) is 0.652. The Morgan fingerprint density at radius 2 is 1.94 bits per heavy atom. The fourth-order valence-electron chi connectivity index (χ4n) is 1.53.